The number of aryl methyl sites for hydroxylation is 1. The number of fused-ring (bicyclic) bond motifs is 3. The van der Waals surface area contributed by atoms with Gasteiger partial charge in [0.05, 0.1) is 5.52 Å². The van der Waals surface area contributed by atoms with Crippen LogP contribution in [0.1, 0.15) is 12.5 Å². The van der Waals surface area contributed by atoms with E-state index in [0.29, 0.717) is 0 Å². The summed E-state index contributed by atoms with van der Waals surface area (Å²) in [6.45, 7) is 1.99. The highest BCUT2D eigenvalue weighted by Gasteiger charge is 2.11. The van der Waals surface area contributed by atoms with E-state index in [-0.39, 0.29) is 5.56 Å². The summed E-state index contributed by atoms with van der Waals surface area (Å²) in [5.74, 6) is 0. The largest absolute Gasteiger partial charge is 0.361 e. The topological polar surface area (TPSA) is 48.6 Å². The van der Waals surface area contributed by atoms with Crippen molar-refractivity contribution in [1.29, 1.82) is 0 Å². The van der Waals surface area contributed by atoms with E-state index in [1.165, 1.54) is 0 Å². The van der Waals surface area contributed by atoms with E-state index in [1.54, 1.807) is 0 Å². The fourth-order valence-electron chi connectivity index (χ4n) is 2.14. The lowest BCUT2D eigenvalue weighted by Gasteiger charge is -1.99. The van der Waals surface area contributed by atoms with Crippen molar-refractivity contribution in [1.82, 2.24) is 9.97 Å². The maximum Gasteiger partial charge on any atom is 0.251 e. The molecular formula is C13H12N2O. The third-order valence-corrected chi connectivity index (χ3v) is 3.00. The van der Waals surface area contributed by atoms with Crippen molar-refractivity contribution in [2.75, 3.05) is 0 Å². The molecule has 2 N–H and O–H groups in total. The quantitative estimate of drug-likeness (QED) is 0.639. The predicted octanol–water partition coefficient (Wildman–Crippen LogP) is 2.52. The molecular weight excluding hydrogens is 200 g/mol. The Bertz CT molecular complexity index is 678. The molecule has 80 valence electrons. The molecule has 1 aliphatic heterocycles. The van der Waals surface area contributed by atoms with Crippen molar-refractivity contribution in [2.45, 2.75) is 13.3 Å². The Morgan fingerprint density at radius 3 is 3.00 bits per heavy atom. The molecule has 0 fully saturated rings. The van der Waals surface area contributed by atoms with Gasteiger partial charge in [-0.05, 0) is 24.6 Å². The molecule has 1 aromatic rings. The predicted molar refractivity (Wildman–Crippen MR) is 64.9 cm³/mol. The van der Waals surface area contributed by atoms with Crippen LogP contribution in [0.3, 0.4) is 0 Å². The van der Waals surface area contributed by atoms with Crippen LogP contribution < -0.4 is 5.56 Å². The van der Waals surface area contributed by atoms with Crippen LogP contribution in [0, 0.1) is 0 Å². The van der Waals surface area contributed by atoms with Crippen molar-refractivity contribution >= 4 is 10.9 Å². The molecule has 0 amide bonds. The van der Waals surface area contributed by atoms with Gasteiger partial charge in [-0.25, -0.2) is 0 Å². The molecule has 1 aliphatic carbocycles. The minimum atomic E-state index is 0.0188. The molecule has 1 aromatic heterocycles. The van der Waals surface area contributed by atoms with E-state index in [4.69, 9.17) is 0 Å². The minimum absolute atomic E-state index is 0.0188. The molecule has 3 heteroatoms. The highest BCUT2D eigenvalue weighted by molar-refractivity contribution is 5.99. The van der Waals surface area contributed by atoms with E-state index in [1.807, 2.05) is 31.3 Å². The second kappa shape index (κ2) is 3.23. The van der Waals surface area contributed by atoms with Crippen molar-refractivity contribution < 1.29 is 0 Å². The van der Waals surface area contributed by atoms with Crippen molar-refractivity contribution in [3.05, 3.63) is 46.4 Å². The molecule has 0 saturated heterocycles. The standard InChI is InChI=1S/C13H12N2O/c1-2-8-6-10-9-4-3-5-14-11(9)7-12(10)15-13(8)16/h3-7,14H,2H2,1H3,(H,15,16). The molecule has 3 rings (SSSR count). The first-order valence-electron chi connectivity index (χ1n) is 5.41. The zero-order valence-electron chi connectivity index (χ0n) is 9.00. The Morgan fingerprint density at radius 1 is 1.31 bits per heavy atom. The molecule has 0 unspecified atom stereocenters. The number of H-pyrrole nitrogens is 2. The Kier molecular flexibility index (Phi) is 1.86. The van der Waals surface area contributed by atoms with Gasteiger partial charge in [-0.3, -0.25) is 4.79 Å². The molecule has 0 spiro atoms. The number of hydrogen-bond acceptors (Lipinski definition) is 1. The number of aromatic amines is 2. The summed E-state index contributed by atoms with van der Waals surface area (Å²) >= 11 is 0. The number of nitrogens with one attached hydrogen (secondary N) is 2. The zero-order valence-corrected chi connectivity index (χ0v) is 9.00. The van der Waals surface area contributed by atoms with Gasteiger partial charge >= 0.3 is 0 Å². The maximum absolute atomic E-state index is 11.7. The molecule has 16 heavy (non-hydrogen) atoms. The molecule has 2 aliphatic rings. The van der Waals surface area contributed by atoms with Gasteiger partial charge in [-0.15, -0.1) is 0 Å². The highest BCUT2D eigenvalue weighted by Crippen LogP contribution is 2.30. The second-order valence-corrected chi connectivity index (χ2v) is 3.95. The summed E-state index contributed by atoms with van der Waals surface area (Å²) in [4.78, 5) is 17.8. The van der Waals surface area contributed by atoms with Gasteiger partial charge in [0, 0.05) is 28.4 Å². The van der Waals surface area contributed by atoms with Crippen LogP contribution in [-0.2, 0) is 6.42 Å². The van der Waals surface area contributed by atoms with E-state index in [9.17, 15) is 4.79 Å². The lowest BCUT2D eigenvalue weighted by atomic mass is 10.1. The Balaban J connectivity index is 2.47. The third-order valence-electron chi connectivity index (χ3n) is 3.00. The van der Waals surface area contributed by atoms with Crippen molar-refractivity contribution in [3.63, 3.8) is 0 Å². The second-order valence-electron chi connectivity index (χ2n) is 3.95. The molecule has 0 aromatic carbocycles. The van der Waals surface area contributed by atoms with Crippen LogP contribution in [-0.4, -0.2) is 9.97 Å². The van der Waals surface area contributed by atoms with Gasteiger partial charge in [0.2, 0.25) is 0 Å². The fourth-order valence-corrected chi connectivity index (χ4v) is 2.14. The first kappa shape index (κ1) is 9.21. The molecule has 3 nitrogen and oxygen atoms in total. The van der Waals surface area contributed by atoms with Gasteiger partial charge in [0.25, 0.3) is 5.56 Å². The van der Waals surface area contributed by atoms with E-state index < -0.39 is 0 Å². The average Bonchev–Trinajstić information content (AvgIpc) is 2.65. The number of rotatable bonds is 1. The first-order valence-corrected chi connectivity index (χ1v) is 5.41. The van der Waals surface area contributed by atoms with Crippen LogP contribution in [0.25, 0.3) is 22.2 Å². The van der Waals surface area contributed by atoms with Crippen LogP contribution in [0.4, 0.5) is 0 Å². The number of aromatic nitrogens is 2. The van der Waals surface area contributed by atoms with Gasteiger partial charge in [0.1, 0.15) is 0 Å². The molecule has 0 radical (unpaired) electrons. The summed E-state index contributed by atoms with van der Waals surface area (Å²) in [6.07, 6.45) is 2.65. The molecule has 2 heterocycles. The van der Waals surface area contributed by atoms with Crippen LogP contribution in [0.5, 0.6) is 0 Å². The van der Waals surface area contributed by atoms with E-state index in [0.717, 1.165) is 34.1 Å². The number of pyridine rings is 2. The van der Waals surface area contributed by atoms with Gasteiger partial charge < -0.3 is 9.97 Å². The Morgan fingerprint density at radius 2 is 2.19 bits per heavy atom. The summed E-state index contributed by atoms with van der Waals surface area (Å²) in [7, 11) is 0. The molecule has 0 bridgehead atoms. The summed E-state index contributed by atoms with van der Waals surface area (Å²) in [6, 6.07) is 8.00. The average molecular weight is 212 g/mol. The summed E-state index contributed by atoms with van der Waals surface area (Å²) in [5.41, 5.74) is 3.97. The monoisotopic (exact) mass is 212 g/mol. The van der Waals surface area contributed by atoms with Gasteiger partial charge in [-0.2, -0.15) is 0 Å². The Hall–Kier alpha value is -2.03. The van der Waals surface area contributed by atoms with E-state index >= 15 is 0 Å². The lowest BCUT2D eigenvalue weighted by Crippen LogP contribution is -2.10. The number of hydrogen-bond donors (Lipinski definition) is 2. The van der Waals surface area contributed by atoms with Crippen molar-refractivity contribution in [2.24, 2.45) is 0 Å². The zero-order chi connectivity index (χ0) is 11.1. The Labute approximate surface area is 92.5 Å². The normalized spacial score (nSPS) is 11.3. The van der Waals surface area contributed by atoms with Crippen LogP contribution in [0.2, 0.25) is 0 Å². The smallest absolute Gasteiger partial charge is 0.251 e. The third kappa shape index (κ3) is 1.18. The van der Waals surface area contributed by atoms with Gasteiger partial charge in [-0.1, -0.05) is 13.0 Å². The fraction of sp³-hybridized carbons (Fsp3) is 0.154. The van der Waals surface area contributed by atoms with Crippen molar-refractivity contribution in [3.8, 4) is 11.3 Å². The summed E-state index contributed by atoms with van der Waals surface area (Å²) < 4.78 is 0. The summed E-state index contributed by atoms with van der Waals surface area (Å²) in [5, 5.41) is 1.11. The molecule has 0 atom stereocenters. The minimum Gasteiger partial charge on any atom is -0.361 e. The first-order chi connectivity index (χ1) is 7.79. The van der Waals surface area contributed by atoms with E-state index in [2.05, 4.69) is 16.0 Å². The van der Waals surface area contributed by atoms with Gasteiger partial charge in [0.15, 0.2) is 0 Å². The SMILES string of the molecule is CCc1cc2c3ccc[nH]c-3cc2[nH]c1=O. The van der Waals surface area contributed by atoms with Crippen LogP contribution >= 0.6 is 0 Å². The van der Waals surface area contributed by atoms with Crippen LogP contribution in [0.15, 0.2) is 35.3 Å². The highest BCUT2D eigenvalue weighted by atomic mass is 16.1. The lowest BCUT2D eigenvalue weighted by molar-refractivity contribution is 1.08. The molecule has 0 saturated carbocycles. The maximum atomic E-state index is 11.7.